The highest BCUT2D eigenvalue weighted by atomic mass is 15.2. The molecule has 0 saturated heterocycles. The molecule has 1 aromatic carbocycles. The van der Waals surface area contributed by atoms with E-state index in [2.05, 4.69) is 50.1 Å². The molecule has 0 spiro atoms. The molecule has 0 aromatic heterocycles. The van der Waals surface area contributed by atoms with Gasteiger partial charge in [0.25, 0.3) is 0 Å². The Morgan fingerprint density at radius 1 is 1.28 bits per heavy atom. The van der Waals surface area contributed by atoms with Gasteiger partial charge in [0.2, 0.25) is 0 Å². The van der Waals surface area contributed by atoms with Crippen LogP contribution in [0.1, 0.15) is 44.7 Å². The van der Waals surface area contributed by atoms with Gasteiger partial charge in [-0.25, -0.2) is 0 Å². The Hall–Kier alpha value is -0.860. The standard InChI is InChI=1S/C16H26N2/c1-4-15(18(3)12(2)13-10-11-13)16(17)14-8-6-5-7-9-14/h5-9,12-13,15-16H,4,10-11,17H2,1-3H3. The first-order chi connectivity index (χ1) is 8.65. The van der Waals surface area contributed by atoms with Gasteiger partial charge in [-0.2, -0.15) is 0 Å². The monoisotopic (exact) mass is 246 g/mol. The summed E-state index contributed by atoms with van der Waals surface area (Å²) in [4.78, 5) is 2.50. The summed E-state index contributed by atoms with van der Waals surface area (Å²) >= 11 is 0. The molecule has 1 aliphatic carbocycles. The zero-order valence-electron chi connectivity index (χ0n) is 11.8. The molecule has 1 aromatic rings. The number of hydrogen-bond acceptors (Lipinski definition) is 2. The Balaban J connectivity index is 2.07. The lowest BCUT2D eigenvalue weighted by Crippen LogP contribution is -2.45. The van der Waals surface area contributed by atoms with Gasteiger partial charge in [-0.1, -0.05) is 37.3 Å². The van der Waals surface area contributed by atoms with E-state index in [9.17, 15) is 0 Å². The SMILES string of the molecule is CCC(C(N)c1ccccc1)N(C)C(C)C1CC1. The molecule has 0 aliphatic heterocycles. The topological polar surface area (TPSA) is 29.3 Å². The summed E-state index contributed by atoms with van der Waals surface area (Å²) in [5.41, 5.74) is 7.72. The maximum atomic E-state index is 6.47. The maximum absolute atomic E-state index is 6.47. The smallest absolute Gasteiger partial charge is 0.0452 e. The Labute approximate surface area is 111 Å². The fourth-order valence-corrected chi connectivity index (χ4v) is 2.91. The van der Waals surface area contributed by atoms with Gasteiger partial charge in [-0.3, -0.25) is 4.90 Å². The predicted molar refractivity (Wildman–Crippen MR) is 77.4 cm³/mol. The van der Waals surface area contributed by atoms with Crippen LogP contribution in [0.5, 0.6) is 0 Å². The van der Waals surface area contributed by atoms with Crippen LogP contribution in [-0.2, 0) is 0 Å². The van der Waals surface area contributed by atoms with Crippen LogP contribution in [-0.4, -0.2) is 24.0 Å². The lowest BCUT2D eigenvalue weighted by Gasteiger charge is -2.36. The summed E-state index contributed by atoms with van der Waals surface area (Å²) in [6, 6.07) is 11.7. The molecule has 2 heteroatoms. The summed E-state index contributed by atoms with van der Waals surface area (Å²) in [6.45, 7) is 4.58. The second-order valence-corrected chi connectivity index (χ2v) is 5.66. The summed E-state index contributed by atoms with van der Waals surface area (Å²) in [5.74, 6) is 0.895. The van der Waals surface area contributed by atoms with E-state index in [0.717, 1.165) is 12.3 Å². The molecule has 3 unspecified atom stereocenters. The maximum Gasteiger partial charge on any atom is 0.0452 e. The molecule has 0 bridgehead atoms. The minimum absolute atomic E-state index is 0.113. The Bertz CT molecular complexity index is 359. The fourth-order valence-electron chi connectivity index (χ4n) is 2.91. The lowest BCUT2D eigenvalue weighted by molar-refractivity contribution is 0.141. The van der Waals surface area contributed by atoms with Crippen LogP contribution in [0, 0.1) is 5.92 Å². The lowest BCUT2D eigenvalue weighted by atomic mass is 9.95. The van der Waals surface area contributed by atoms with Crippen molar-refractivity contribution in [2.75, 3.05) is 7.05 Å². The van der Waals surface area contributed by atoms with Crippen LogP contribution in [0.15, 0.2) is 30.3 Å². The van der Waals surface area contributed by atoms with Gasteiger partial charge >= 0.3 is 0 Å². The molecule has 2 rings (SSSR count). The summed E-state index contributed by atoms with van der Waals surface area (Å²) < 4.78 is 0. The molecule has 1 aliphatic rings. The van der Waals surface area contributed by atoms with Crippen LogP contribution in [0.4, 0.5) is 0 Å². The quantitative estimate of drug-likeness (QED) is 0.835. The second-order valence-electron chi connectivity index (χ2n) is 5.66. The first kappa shape index (κ1) is 13.6. The van der Waals surface area contributed by atoms with Gasteiger partial charge in [0.1, 0.15) is 0 Å². The van der Waals surface area contributed by atoms with Crippen molar-refractivity contribution in [3.8, 4) is 0 Å². The highest BCUT2D eigenvalue weighted by Gasteiger charge is 2.34. The molecule has 2 N–H and O–H groups in total. The Morgan fingerprint density at radius 2 is 1.89 bits per heavy atom. The third kappa shape index (κ3) is 2.93. The van der Waals surface area contributed by atoms with Crippen molar-refractivity contribution in [3.63, 3.8) is 0 Å². The first-order valence-electron chi connectivity index (χ1n) is 7.17. The van der Waals surface area contributed by atoms with Crippen LogP contribution in [0.2, 0.25) is 0 Å². The average molecular weight is 246 g/mol. The first-order valence-corrected chi connectivity index (χ1v) is 7.17. The molecule has 1 saturated carbocycles. The van der Waals surface area contributed by atoms with E-state index in [0.29, 0.717) is 12.1 Å². The van der Waals surface area contributed by atoms with Crippen LogP contribution in [0.25, 0.3) is 0 Å². The molecule has 0 radical (unpaired) electrons. The van der Waals surface area contributed by atoms with Gasteiger partial charge in [0, 0.05) is 18.1 Å². The van der Waals surface area contributed by atoms with Gasteiger partial charge < -0.3 is 5.73 Å². The van der Waals surface area contributed by atoms with Crippen LogP contribution < -0.4 is 5.73 Å². The van der Waals surface area contributed by atoms with Crippen molar-refractivity contribution < 1.29 is 0 Å². The molecule has 0 amide bonds. The minimum atomic E-state index is 0.113. The van der Waals surface area contributed by atoms with Crippen molar-refractivity contribution in [2.24, 2.45) is 11.7 Å². The molecule has 100 valence electrons. The van der Waals surface area contributed by atoms with Gasteiger partial charge in [0.15, 0.2) is 0 Å². The second kappa shape index (κ2) is 5.85. The van der Waals surface area contributed by atoms with Gasteiger partial charge in [-0.15, -0.1) is 0 Å². The summed E-state index contributed by atoms with van der Waals surface area (Å²) in [7, 11) is 2.24. The molecule has 18 heavy (non-hydrogen) atoms. The summed E-state index contributed by atoms with van der Waals surface area (Å²) in [5, 5.41) is 0. The molecular formula is C16H26N2. The third-order valence-electron chi connectivity index (χ3n) is 4.49. The highest BCUT2D eigenvalue weighted by molar-refractivity contribution is 5.20. The van der Waals surface area contributed by atoms with E-state index >= 15 is 0 Å². The summed E-state index contributed by atoms with van der Waals surface area (Å²) in [6.07, 6.45) is 3.88. The number of rotatable bonds is 6. The highest BCUT2D eigenvalue weighted by Crippen LogP contribution is 2.36. The normalized spacial score (nSPS) is 20.7. The molecule has 2 nitrogen and oxygen atoms in total. The molecule has 0 heterocycles. The average Bonchev–Trinajstić information content (AvgIpc) is 3.23. The zero-order valence-corrected chi connectivity index (χ0v) is 11.8. The number of hydrogen-bond donors (Lipinski definition) is 1. The van der Waals surface area contributed by atoms with Crippen molar-refractivity contribution in [1.82, 2.24) is 4.90 Å². The fraction of sp³-hybridized carbons (Fsp3) is 0.625. The van der Waals surface area contributed by atoms with Gasteiger partial charge in [-0.05, 0) is 44.7 Å². The number of benzene rings is 1. The number of nitrogens with zero attached hydrogens (tertiary/aromatic N) is 1. The molecule has 3 atom stereocenters. The number of nitrogens with two attached hydrogens (primary N) is 1. The van der Waals surface area contributed by atoms with Crippen molar-refractivity contribution in [2.45, 2.75) is 51.2 Å². The van der Waals surface area contributed by atoms with E-state index in [-0.39, 0.29) is 6.04 Å². The Morgan fingerprint density at radius 3 is 2.39 bits per heavy atom. The largest absolute Gasteiger partial charge is 0.323 e. The van der Waals surface area contributed by atoms with E-state index in [1.165, 1.54) is 18.4 Å². The van der Waals surface area contributed by atoms with Crippen molar-refractivity contribution >= 4 is 0 Å². The predicted octanol–water partition coefficient (Wildman–Crippen LogP) is 3.20. The Kier molecular flexibility index (Phi) is 4.41. The minimum Gasteiger partial charge on any atom is -0.323 e. The van der Waals surface area contributed by atoms with E-state index < -0.39 is 0 Å². The van der Waals surface area contributed by atoms with Crippen LogP contribution in [0.3, 0.4) is 0 Å². The van der Waals surface area contributed by atoms with Gasteiger partial charge in [0.05, 0.1) is 0 Å². The third-order valence-corrected chi connectivity index (χ3v) is 4.49. The van der Waals surface area contributed by atoms with E-state index in [1.807, 2.05) is 6.07 Å². The van der Waals surface area contributed by atoms with Crippen molar-refractivity contribution in [1.29, 1.82) is 0 Å². The van der Waals surface area contributed by atoms with E-state index in [4.69, 9.17) is 5.73 Å². The van der Waals surface area contributed by atoms with Crippen molar-refractivity contribution in [3.05, 3.63) is 35.9 Å². The van der Waals surface area contributed by atoms with E-state index in [1.54, 1.807) is 0 Å². The zero-order chi connectivity index (χ0) is 13.1. The van der Waals surface area contributed by atoms with Crippen LogP contribution >= 0.6 is 0 Å². The molecular weight excluding hydrogens is 220 g/mol. The molecule has 1 fully saturated rings. The number of likely N-dealkylation sites (N-methyl/N-ethyl adjacent to an activating group) is 1.